The van der Waals surface area contributed by atoms with Crippen molar-refractivity contribution in [1.29, 1.82) is 0 Å². The first kappa shape index (κ1) is 29.8. The maximum absolute atomic E-state index is 5.59. The van der Waals surface area contributed by atoms with E-state index in [0.29, 0.717) is 0 Å². The third kappa shape index (κ3) is 4.91. The molecule has 2 aliphatic heterocycles. The minimum atomic E-state index is 0.933. The van der Waals surface area contributed by atoms with E-state index in [1.54, 1.807) is 0 Å². The molecule has 2 N–H and O–H groups in total. The van der Waals surface area contributed by atoms with Crippen molar-refractivity contribution in [2.75, 3.05) is 0 Å². The van der Waals surface area contributed by atoms with E-state index in [1.165, 1.54) is 81.9 Å². The van der Waals surface area contributed by atoms with Crippen LogP contribution in [0.5, 0.6) is 0 Å². The Kier molecular flexibility index (Phi) is 8.90. The minimum absolute atomic E-state index is 0.933. The number of rotatable bonds is 8. The molecule has 0 spiro atoms. The first-order valence-electron chi connectivity index (χ1n) is 15.8. The maximum atomic E-state index is 5.59. The summed E-state index contributed by atoms with van der Waals surface area (Å²) in [6, 6.07) is 4.52. The summed E-state index contributed by atoms with van der Waals surface area (Å²) in [5, 5.41) is 0. The molecule has 2 aliphatic rings. The Morgan fingerprint density at radius 2 is 0.976 bits per heavy atom. The van der Waals surface area contributed by atoms with E-state index in [-0.39, 0.29) is 0 Å². The molecule has 0 saturated heterocycles. The van der Waals surface area contributed by atoms with Crippen molar-refractivity contribution >= 4 is 43.3 Å². The average Bonchev–Trinajstić information content (AvgIpc) is 3.71. The van der Waals surface area contributed by atoms with Crippen LogP contribution in [0.4, 0.5) is 0 Å². The van der Waals surface area contributed by atoms with Gasteiger partial charge in [-0.1, -0.05) is 0 Å². The molecule has 3 aromatic rings. The van der Waals surface area contributed by atoms with E-state index in [0.717, 1.165) is 62.8 Å². The Morgan fingerprint density at radius 3 is 1.39 bits per heavy atom. The van der Waals surface area contributed by atoms with Crippen molar-refractivity contribution in [2.45, 2.75) is 107 Å². The van der Waals surface area contributed by atoms with Gasteiger partial charge in [-0.05, 0) is 0 Å². The van der Waals surface area contributed by atoms with Crippen LogP contribution in [-0.2, 0) is 58.3 Å². The average molecular weight is 729 g/mol. The predicted molar refractivity (Wildman–Crippen MR) is 173 cm³/mol. The number of H-pyrrole nitrogens is 2. The fourth-order valence-corrected chi connectivity index (χ4v) is 7.76. The Morgan fingerprint density at radius 1 is 0.537 bits per heavy atom. The van der Waals surface area contributed by atoms with Crippen LogP contribution in [0, 0.1) is 0 Å². The van der Waals surface area contributed by atoms with Crippen molar-refractivity contribution in [3.63, 3.8) is 0 Å². The molecule has 0 aliphatic carbocycles. The topological polar surface area (TPSA) is 57.4 Å². The zero-order valence-electron chi connectivity index (χ0n) is 26.1. The molecule has 41 heavy (non-hydrogen) atoms. The molecule has 5 rings (SSSR count). The van der Waals surface area contributed by atoms with Gasteiger partial charge in [-0.2, -0.15) is 0 Å². The molecular weight excluding hydrogens is 684 g/mol. The van der Waals surface area contributed by atoms with Crippen LogP contribution in [0.15, 0.2) is 12.1 Å². The molecule has 0 fully saturated rings. The van der Waals surface area contributed by atoms with Gasteiger partial charge in [0.05, 0.1) is 0 Å². The second-order valence-electron chi connectivity index (χ2n) is 11.0. The molecule has 4 nitrogen and oxygen atoms in total. The van der Waals surface area contributed by atoms with Gasteiger partial charge >= 0.3 is 258 Å². The molecule has 219 valence electrons. The number of aromatic nitrogens is 4. The Bertz CT molecular complexity index is 1730. The zero-order valence-corrected chi connectivity index (χ0v) is 28.4. The number of allylic oxidation sites excluding steroid dienone is 2. The molecule has 0 saturated carbocycles. The SMILES string of the molecule is CCC1=C(CC)c2nc1c(CC)c1[nH]c(cc3nc(cc4[nH]c(c2CC)c(CC)c4CC)[C]([Pt])=C3)c(CC)c1CC. The predicted octanol–water partition coefficient (Wildman–Crippen LogP) is 9.46. The summed E-state index contributed by atoms with van der Waals surface area (Å²) < 4.78 is 1.18. The molecule has 0 radical (unpaired) electrons. The first-order chi connectivity index (χ1) is 19.9. The number of hydrogen-bond donors (Lipinski definition) is 2. The van der Waals surface area contributed by atoms with Gasteiger partial charge in [-0.3, -0.25) is 0 Å². The normalized spacial score (nSPS) is 13.4. The van der Waals surface area contributed by atoms with E-state index >= 15 is 0 Å². The molecule has 0 amide bonds. The fraction of sp³-hybridized carbons (Fsp3) is 0.444. The number of nitrogens with zero attached hydrogens (tertiary/aromatic N) is 2. The van der Waals surface area contributed by atoms with Gasteiger partial charge in [0.2, 0.25) is 0 Å². The number of hydrogen-bond acceptors (Lipinski definition) is 2. The third-order valence-electron chi connectivity index (χ3n) is 8.98. The number of aryl methyl sites for hydroxylation is 6. The van der Waals surface area contributed by atoms with E-state index in [4.69, 9.17) is 9.97 Å². The first-order valence-corrected chi connectivity index (χ1v) is 16.9. The van der Waals surface area contributed by atoms with Gasteiger partial charge < -0.3 is 0 Å². The van der Waals surface area contributed by atoms with Gasteiger partial charge in [0.25, 0.3) is 0 Å². The molecule has 0 unspecified atom stereocenters. The molecule has 5 heterocycles. The van der Waals surface area contributed by atoms with Crippen molar-refractivity contribution < 1.29 is 19.8 Å². The van der Waals surface area contributed by atoms with Crippen LogP contribution in [0.2, 0.25) is 0 Å². The van der Waals surface area contributed by atoms with Crippen LogP contribution in [0.3, 0.4) is 0 Å². The summed E-state index contributed by atoms with van der Waals surface area (Å²) >= 11 is 2.43. The van der Waals surface area contributed by atoms with Crippen molar-refractivity contribution in [1.82, 2.24) is 19.9 Å². The Labute approximate surface area is 257 Å². The number of fused-ring (bicyclic) bond motifs is 8. The number of nitrogens with one attached hydrogen (secondary N) is 2. The van der Waals surface area contributed by atoms with Crippen LogP contribution in [-0.4, -0.2) is 19.9 Å². The summed E-state index contributed by atoms with van der Waals surface area (Å²) in [5.74, 6) is 0. The fourth-order valence-electron chi connectivity index (χ4n) is 7.14. The van der Waals surface area contributed by atoms with Crippen LogP contribution in [0.1, 0.15) is 124 Å². The Balaban J connectivity index is 2.12. The van der Waals surface area contributed by atoms with Gasteiger partial charge in [-0.15, -0.1) is 0 Å². The third-order valence-corrected chi connectivity index (χ3v) is 9.89. The molecule has 5 heteroatoms. The van der Waals surface area contributed by atoms with Crippen molar-refractivity contribution in [2.24, 2.45) is 0 Å². The van der Waals surface area contributed by atoms with Crippen molar-refractivity contribution in [3.05, 3.63) is 68.3 Å². The molecule has 8 bridgehead atoms. The quantitative estimate of drug-likeness (QED) is 0.243. The van der Waals surface area contributed by atoms with Crippen LogP contribution < -0.4 is 0 Å². The van der Waals surface area contributed by atoms with Gasteiger partial charge in [0, 0.05) is 0 Å². The second kappa shape index (κ2) is 12.3. The van der Waals surface area contributed by atoms with Crippen LogP contribution >= 0.6 is 0 Å². The summed E-state index contributed by atoms with van der Waals surface area (Å²) in [5.41, 5.74) is 20.5. The molecule has 0 atom stereocenters. The summed E-state index contributed by atoms with van der Waals surface area (Å²) in [7, 11) is 0. The van der Waals surface area contributed by atoms with Crippen molar-refractivity contribution in [3.8, 4) is 0 Å². The summed E-state index contributed by atoms with van der Waals surface area (Å²) in [6.07, 6.45) is 10.00. The van der Waals surface area contributed by atoms with Gasteiger partial charge in [0.15, 0.2) is 0 Å². The van der Waals surface area contributed by atoms with Gasteiger partial charge in [0.1, 0.15) is 0 Å². The Hall–Kier alpha value is -2.71. The summed E-state index contributed by atoms with van der Waals surface area (Å²) in [6.45, 7) is 18.3. The van der Waals surface area contributed by atoms with Gasteiger partial charge in [-0.25, -0.2) is 0 Å². The number of aromatic amines is 2. The van der Waals surface area contributed by atoms with E-state index in [9.17, 15) is 0 Å². The zero-order chi connectivity index (χ0) is 29.4. The van der Waals surface area contributed by atoms with Crippen LogP contribution in [0.25, 0.3) is 43.3 Å². The summed E-state index contributed by atoms with van der Waals surface area (Å²) in [4.78, 5) is 18.5. The van der Waals surface area contributed by atoms with E-state index in [2.05, 4.69) is 103 Å². The molecular formula is C36H45N4Pt. The van der Waals surface area contributed by atoms with E-state index in [1.807, 2.05) is 0 Å². The standard InChI is InChI=1S/C36H45N4.Pt/c1-9-23-25(11-3)33-29(15-7)35-27(13-5)28(14-6)36(40-35)30(16-8)34-26(12-4)24(10-2)32(39-34)20-22-18-17-21(37-22)19-31(23)38-33;/h17,19-20,38-39H,9-16H2,1-8H3;. The van der Waals surface area contributed by atoms with E-state index < -0.39 is 0 Å². The molecule has 0 aromatic carbocycles. The monoisotopic (exact) mass is 728 g/mol. The second-order valence-corrected chi connectivity index (χ2v) is 12.2. The molecule has 3 aromatic heterocycles.